The van der Waals surface area contributed by atoms with Gasteiger partial charge in [0.05, 0.1) is 0 Å². The van der Waals surface area contributed by atoms with E-state index < -0.39 is 21.0 Å². The molecule has 90 valence electrons. The fourth-order valence-corrected chi connectivity index (χ4v) is 1.75. The lowest BCUT2D eigenvalue weighted by Gasteiger charge is -2.13. The average Bonchev–Trinajstić information content (AvgIpc) is 2.12. The van der Waals surface area contributed by atoms with Crippen LogP contribution in [-0.2, 0) is 14.6 Å². The summed E-state index contributed by atoms with van der Waals surface area (Å²) >= 11 is 5.54. The van der Waals surface area contributed by atoms with Gasteiger partial charge in [0.25, 0.3) is 0 Å². The summed E-state index contributed by atoms with van der Waals surface area (Å²) in [6.45, 7) is 3.80. The summed E-state index contributed by atoms with van der Waals surface area (Å²) in [5.41, 5.74) is 0. The Kier molecular flexibility index (Phi) is 6.20. The van der Waals surface area contributed by atoms with Gasteiger partial charge in [-0.25, -0.2) is 8.42 Å². The van der Waals surface area contributed by atoms with Crippen LogP contribution in [0.2, 0.25) is 0 Å². The molecule has 0 aromatic carbocycles. The molecule has 0 radical (unpaired) electrons. The first-order valence-corrected chi connectivity index (χ1v) is 7.30. The Morgan fingerprint density at radius 2 is 1.93 bits per heavy atom. The fourth-order valence-electron chi connectivity index (χ4n) is 0.901. The maximum atomic E-state index is 11.4. The monoisotopic (exact) mass is 255 g/mol. The minimum Gasteiger partial charge on any atom is -0.355 e. The van der Waals surface area contributed by atoms with Gasteiger partial charge in [0.15, 0.2) is 9.84 Å². The third kappa shape index (κ3) is 5.99. The summed E-state index contributed by atoms with van der Waals surface area (Å²) in [7, 11) is -3.30. The zero-order chi connectivity index (χ0) is 12.1. The Bertz CT molecular complexity index is 302. The number of carbonyl (C=O) groups is 1. The number of hydrogen-bond donors (Lipinski definition) is 1. The Labute approximate surface area is 96.3 Å². The molecule has 4 nitrogen and oxygen atoms in total. The van der Waals surface area contributed by atoms with E-state index in [-0.39, 0.29) is 5.92 Å². The van der Waals surface area contributed by atoms with Gasteiger partial charge in [0.2, 0.25) is 5.91 Å². The van der Waals surface area contributed by atoms with E-state index in [0.29, 0.717) is 12.4 Å². The van der Waals surface area contributed by atoms with Crippen molar-refractivity contribution in [3.8, 4) is 0 Å². The second-order valence-electron chi connectivity index (χ2n) is 3.80. The lowest BCUT2D eigenvalue weighted by Crippen LogP contribution is -2.39. The molecule has 0 heterocycles. The minimum atomic E-state index is -3.30. The van der Waals surface area contributed by atoms with E-state index in [1.54, 1.807) is 0 Å². The molecule has 0 aliphatic rings. The summed E-state index contributed by atoms with van der Waals surface area (Å²) < 4.78 is 22.1. The lowest BCUT2D eigenvalue weighted by molar-refractivity contribution is -0.120. The van der Waals surface area contributed by atoms with Crippen LogP contribution in [0.1, 0.15) is 20.3 Å². The highest BCUT2D eigenvalue weighted by Crippen LogP contribution is 2.02. The highest BCUT2D eigenvalue weighted by Gasteiger charge is 2.23. The van der Waals surface area contributed by atoms with Crippen molar-refractivity contribution in [2.24, 2.45) is 5.92 Å². The van der Waals surface area contributed by atoms with Crippen molar-refractivity contribution < 1.29 is 13.2 Å². The van der Waals surface area contributed by atoms with Crippen LogP contribution in [-0.4, -0.2) is 38.3 Å². The van der Waals surface area contributed by atoms with E-state index in [2.05, 4.69) is 5.32 Å². The van der Waals surface area contributed by atoms with Crippen LogP contribution in [0.4, 0.5) is 0 Å². The van der Waals surface area contributed by atoms with Gasteiger partial charge in [-0.15, -0.1) is 11.6 Å². The summed E-state index contributed by atoms with van der Waals surface area (Å²) in [6, 6.07) is 0. The summed E-state index contributed by atoms with van der Waals surface area (Å²) in [5, 5.41) is 1.61. The number of halogens is 1. The maximum absolute atomic E-state index is 11.4. The zero-order valence-electron chi connectivity index (χ0n) is 9.29. The molecule has 0 saturated heterocycles. The quantitative estimate of drug-likeness (QED) is 0.714. The molecule has 0 aromatic heterocycles. The van der Waals surface area contributed by atoms with Crippen LogP contribution >= 0.6 is 11.6 Å². The van der Waals surface area contributed by atoms with E-state index in [9.17, 15) is 13.2 Å². The SMILES string of the molecule is CC(CCCl)CNC(=O)C(C)S(C)(=O)=O. The maximum Gasteiger partial charge on any atom is 0.238 e. The molecule has 2 atom stereocenters. The van der Waals surface area contributed by atoms with E-state index in [1.807, 2.05) is 6.92 Å². The summed E-state index contributed by atoms with van der Waals surface area (Å²) in [4.78, 5) is 11.4. The lowest BCUT2D eigenvalue weighted by atomic mass is 10.1. The van der Waals surface area contributed by atoms with Crippen LogP contribution < -0.4 is 5.32 Å². The molecule has 2 unspecified atom stereocenters. The van der Waals surface area contributed by atoms with Crippen molar-refractivity contribution in [1.82, 2.24) is 5.32 Å². The van der Waals surface area contributed by atoms with Gasteiger partial charge in [-0.05, 0) is 19.3 Å². The Morgan fingerprint density at radius 3 is 2.33 bits per heavy atom. The first-order chi connectivity index (χ1) is 6.79. The number of hydrogen-bond acceptors (Lipinski definition) is 3. The van der Waals surface area contributed by atoms with Crippen molar-refractivity contribution in [2.75, 3.05) is 18.7 Å². The topological polar surface area (TPSA) is 63.2 Å². The third-order valence-electron chi connectivity index (χ3n) is 2.24. The normalized spacial score (nSPS) is 15.7. The number of nitrogens with one attached hydrogen (secondary N) is 1. The van der Waals surface area contributed by atoms with Gasteiger partial charge in [-0.3, -0.25) is 4.79 Å². The third-order valence-corrected chi connectivity index (χ3v) is 3.95. The molecule has 0 saturated carbocycles. The Balaban J connectivity index is 4.05. The molecule has 1 amide bonds. The number of amides is 1. The second kappa shape index (κ2) is 6.33. The van der Waals surface area contributed by atoms with E-state index in [4.69, 9.17) is 11.6 Å². The molecule has 15 heavy (non-hydrogen) atoms. The highest BCUT2D eigenvalue weighted by atomic mass is 35.5. The molecule has 1 N–H and O–H groups in total. The van der Waals surface area contributed by atoms with Crippen molar-refractivity contribution in [2.45, 2.75) is 25.5 Å². The van der Waals surface area contributed by atoms with Gasteiger partial charge < -0.3 is 5.32 Å². The van der Waals surface area contributed by atoms with Crippen LogP contribution in [0.3, 0.4) is 0 Å². The first-order valence-electron chi connectivity index (χ1n) is 4.81. The smallest absolute Gasteiger partial charge is 0.238 e. The van der Waals surface area contributed by atoms with E-state index >= 15 is 0 Å². The minimum absolute atomic E-state index is 0.262. The Hall–Kier alpha value is -0.290. The average molecular weight is 256 g/mol. The first kappa shape index (κ1) is 14.7. The fraction of sp³-hybridized carbons (Fsp3) is 0.889. The van der Waals surface area contributed by atoms with Crippen molar-refractivity contribution in [3.63, 3.8) is 0 Å². The van der Waals surface area contributed by atoms with E-state index in [1.165, 1.54) is 6.92 Å². The standard InChI is InChI=1S/C9H18ClNO3S/c1-7(4-5-10)6-11-9(12)8(2)15(3,13)14/h7-8H,4-6H2,1-3H3,(H,11,12). The molecule has 0 aliphatic carbocycles. The predicted molar refractivity (Wildman–Crippen MR) is 61.8 cm³/mol. The van der Waals surface area contributed by atoms with Gasteiger partial charge >= 0.3 is 0 Å². The molecule has 0 rings (SSSR count). The summed E-state index contributed by atoms with van der Waals surface area (Å²) in [6.07, 6.45) is 1.86. The summed E-state index contributed by atoms with van der Waals surface area (Å²) in [5.74, 6) is 0.357. The van der Waals surface area contributed by atoms with Gasteiger partial charge in [-0.1, -0.05) is 6.92 Å². The zero-order valence-corrected chi connectivity index (χ0v) is 10.9. The number of carbonyl (C=O) groups excluding carboxylic acids is 1. The number of rotatable bonds is 6. The molecule has 0 aliphatic heterocycles. The van der Waals surface area contributed by atoms with Crippen molar-refractivity contribution in [3.05, 3.63) is 0 Å². The predicted octanol–water partition coefficient (Wildman–Crippen LogP) is 0.801. The Morgan fingerprint density at radius 1 is 1.40 bits per heavy atom. The molecule has 0 bridgehead atoms. The van der Waals surface area contributed by atoms with Gasteiger partial charge in [0, 0.05) is 18.7 Å². The molecular formula is C9H18ClNO3S. The largest absolute Gasteiger partial charge is 0.355 e. The van der Waals surface area contributed by atoms with Crippen LogP contribution in [0.25, 0.3) is 0 Å². The molecule has 0 spiro atoms. The second-order valence-corrected chi connectivity index (χ2v) is 6.54. The molecular weight excluding hydrogens is 238 g/mol. The van der Waals surface area contributed by atoms with Crippen LogP contribution in [0.15, 0.2) is 0 Å². The van der Waals surface area contributed by atoms with Crippen LogP contribution in [0.5, 0.6) is 0 Å². The molecule has 0 fully saturated rings. The van der Waals surface area contributed by atoms with Crippen molar-refractivity contribution >= 4 is 27.3 Å². The number of alkyl halides is 1. The number of sulfone groups is 1. The molecule has 0 aromatic rings. The van der Waals surface area contributed by atoms with Crippen molar-refractivity contribution in [1.29, 1.82) is 0 Å². The highest BCUT2D eigenvalue weighted by molar-refractivity contribution is 7.92. The van der Waals surface area contributed by atoms with E-state index in [0.717, 1.165) is 12.7 Å². The van der Waals surface area contributed by atoms with Crippen LogP contribution in [0, 0.1) is 5.92 Å². The van der Waals surface area contributed by atoms with Gasteiger partial charge in [-0.2, -0.15) is 0 Å². The molecule has 6 heteroatoms. The van der Waals surface area contributed by atoms with Gasteiger partial charge in [0.1, 0.15) is 5.25 Å².